The lowest BCUT2D eigenvalue weighted by Crippen LogP contribution is -2.45. The molecule has 6 heteroatoms. The number of amides is 1. The van der Waals surface area contributed by atoms with E-state index in [1.54, 1.807) is 11.1 Å². The molecular weight excluding hydrogens is 282 g/mol. The van der Waals surface area contributed by atoms with E-state index in [2.05, 4.69) is 9.97 Å². The van der Waals surface area contributed by atoms with Gasteiger partial charge < -0.3 is 10.0 Å². The number of aryl methyl sites for hydroxylation is 1. The molecule has 1 amide bonds. The predicted molar refractivity (Wildman–Crippen MR) is 79.6 cm³/mol. The molecule has 1 N–H and O–H groups in total. The maximum atomic E-state index is 12.8. The summed E-state index contributed by atoms with van der Waals surface area (Å²) in [7, 11) is 0. The highest BCUT2D eigenvalue weighted by molar-refractivity contribution is 5.95. The second kappa shape index (κ2) is 5.66. The molecule has 3 rings (SSSR count). The van der Waals surface area contributed by atoms with Crippen LogP contribution in [-0.2, 0) is 4.79 Å². The molecule has 1 saturated heterocycles. The Labute approximate surface area is 129 Å². The molecule has 1 aromatic heterocycles. The first-order valence-corrected chi connectivity index (χ1v) is 7.81. The number of nitrogens with zero attached hydrogens (tertiary/aromatic N) is 3. The van der Waals surface area contributed by atoms with Crippen molar-refractivity contribution in [2.75, 3.05) is 13.1 Å². The van der Waals surface area contributed by atoms with Crippen LogP contribution in [-0.4, -0.2) is 44.9 Å². The van der Waals surface area contributed by atoms with Crippen molar-refractivity contribution in [3.05, 3.63) is 23.3 Å². The van der Waals surface area contributed by atoms with Crippen molar-refractivity contribution in [2.45, 2.75) is 39.0 Å². The fourth-order valence-electron chi connectivity index (χ4n) is 3.19. The lowest BCUT2D eigenvalue weighted by molar-refractivity contribution is -0.143. The molecule has 0 bridgehead atoms. The van der Waals surface area contributed by atoms with Gasteiger partial charge in [0, 0.05) is 25.2 Å². The van der Waals surface area contributed by atoms with Crippen molar-refractivity contribution in [1.29, 1.82) is 0 Å². The maximum absolute atomic E-state index is 12.8. The first-order chi connectivity index (χ1) is 10.5. The van der Waals surface area contributed by atoms with Crippen LogP contribution in [0.4, 0.5) is 0 Å². The zero-order chi connectivity index (χ0) is 15.9. The fraction of sp³-hybridized carbons (Fsp3) is 0.625. The zero-order valence-corrected chi connectivity index (χ0v) is 13.0. The second-order valence-electron chi connectivity index (χ2n) is 6.58. The molecule has 0 aromatic carbocycles. The summed E-state index contributed by atoms with van der Waals surface area (Å²) in [5.41, 5.74) is 1.38. The highest BCUT2D eigenvalue weighted by Gasteiger charge is 2.35. The molecule has 2 fully saturated rings. The Morgan fingerprint density at radius 3 is 2.68 bits per heavy atom. The highest BCUT2D eigenvalue weighted by atomic mass is 16.4. The van der Waals surface area contributed by atoms with Crippen LogP contribution >= 0.6 is 0 Å². The number of likely N-dealkylation sites (tertiary alicyclic amines) is 1. The van der Waals surface area contributed by atoms with Crippen LogP contribution < -0.4 is 0 Å². The van der Waals surface area contributed by atoms with Gasteiger partial charge in [-0.05, 0) is 32.1 Å². The number of carboxylic acids is 1. The Kier molecular flexibility index (Phi) is 3.85. The molecule has 1 aliphatic carbocycles. The highest BCUT2D eigenvalue weighted by Crippen LogP contribution is 2.41. The fourth-order valence-corrected chi connectivity index (χ4v) is 3.19. The molecule has 6 nitrogen and oxygen atoms in total. The van der Waals surface area contributed by atoms with E-state index in [1.807, 2.05) is 13.8 Å². The Morgan fingerprint density at radius 1 is 1.32 bits per heavy atom. The molecule has 2 heterocycles. The normalized spacial score (nSPS) is 25.1. The SMILES string of the molecule is Cc1ncc(C(=O)N2CC(C)CC(C(=O)O)C2)c(C2CC2)n1. The average molecular weight is 303 g/mol. The van der Waals surface area contributed by atoms with Gasteiger partial charge in [-0.15, -0.1) is 0 Å². The van der Waals surface area contributed by atoms with Gasteiger partial charge in [-0.2, -0.15) is 0 Å². The van der Waals surface area contributed by atoms with E-state index < -0.39 is 11.9 Å². The van der Waals surface area contributed by atoms with Crippen LogP contribution in [0.25, 0.3) is 0 Å². The lowest BCUT2D eigenvalue weighted by atomic mass is 9.90. The minimum absolute atomic E-state index is 0.125. The van der Waals surface area contributed by atoms with Crippen molar-refractivity contribution in [3.8, 4) is 0 Å². The molecule has 1 aromatic rings. The van der Waals surface area contributed by atoms with Gasteiger partial charge in [-0.3, -0.25) is 9.59 Å². The molecule has 2 atom stereocenters. The van der Waals surface area contributed by atoms with Crippen LogP contribution in [0.3, 0.4) is 0 Å². The molecule has 1 aliphatic heterocycles. The number of carbonyl (C=O) groups excluding carboxylic acids is 1. The van der Waals surface area contributed by atoms with E-state index in [4.69, 9.17) is 0 Å². The second-order valence-corrected chi connectivity index (χ2v) is 6.58. The van der Waals surface area contributed by atoms with Crippen LogP contribution in [0, 0.1) is 18.8 Å². The number of carbonyl (C=O) groups is 2. The van der Waals surface area contributed by atoms with Crippen molar-refractivity contribution >= 4 is 11.9 Å². The van der Waals surface area contributed by atoms with Gasteiger partial charge in [0.15, 0.2) is 0 Å². The third-order valence-electron chi connectivity index (χ3n) is 4.43. The third-order valence-corrected chi connectivity index (χ3v) is 4.43. The summed E-state index contributed by atoms with van der Waals surface area (Å²) < 4.78 is 0. The molecular formula is C16H21N3O3. The number of aromatic nitrogens is 2. The minimum Gasteiger partial charge on any atom is -0.481 e. The van der Waals surface area contributed by atoms with Gasteiger partial charge in [0.1, 0.15) is 5.82 Å². The average Bonchev–Trinajstić information content (AvgIpc) is 3.30. The smallest absolute Gasteiger partial charge is 0.308 e. The van der Waals surface area contributed by atoms with E-state index in [-0.39, 0.29) is 18.4 Å². The summed E-state index contributed by atoms with van der Waals surface area (Å²) >= 11 is 0. The van der Waals surface area contributed by atoms with Gasteiger partial charge in [0.2, 0.25) is 0 Å². The van der Waals surface area contributed by atoms with Crippen LogP contribution in [0.1, 0.15) is 54.0 Å². The van der Waals surface area contributed by atoms with Gasteiger partial charge in [-0.1, -0.05) is 6.92 Å². The quantitative estimate of drug-likeness (QED) is 0.921. The van der Waals surface area contributed by atoms with Crippen molar-refractivity contribution < 1.29 is 14.7 Å². The summed E-state index contributed by atoms with van der Waals surface area (Å²) in [6, 6.07) is 0. The monoisotopic (exact) mass is 303 g/mol. The molecule has 22 heavy (non-hydrogen) atoms. The largest absolute Gasteiger partial charge is 0.481 e. The summed E-state index contributed by atoms with van der Waals surface area (Å²) in [6.45, 7) is 4.68. The number of aliphatic carboxylic acids is 1. The van der Waals surface area contributed by atoms with Gasteiger partial charge in [0.05, 0.1) is 17.2 Å². The number of carboxylic acid groups (broad SMARTS) is 1. The number of hydrogen-bond donors (Lipinski definition) is 1. The molecule has 118 valence electrons. The minimum atomic E-state index is -0.827. The predicted octanol–water partition coefficient (Wildman–Crippen LogP) is 1.85. The summed E-state index contributed by atoms with van der Waals surface area (Å²) in [5, 5.41) is 9.25. The van der Waals surface area contributed by atoms with Crippen molar-refractivity contribution in [3.63, 3.8) is 0 Å². The van der Waals surface area contributed by atoms with E-state index in [9.17, 15) is 14.7 Å². The van der Waals surface area contributed by atoms with Gasteiger partial charge in [-0.25, -0.2) is 9.97 Å². The molecule has 0 radical (unpaired) electrons. The molecule has 1 saturated carbocycles. The van der Waals surface area contributed by atoms with E-state index in [0.29, 0.717) is 30.3 Å². The van der Waals surface area contributed by atoms with Crippen molar-refractivity contribution in [2.24, 2.45) is 11.8 Å². The summed E-state index contributed by atoms with van der Waals surface area (Å²) in [4.78, 5) is 34.4. The Balaban J connectivity index is 1.85. The Morgan fingerprint density at radius 2 is 2.05 bits per heavy atom. The first kappa shape index (κ1) is 14.9. The summed E-state index contributed by atoms with van der Waals surface area (Å²) in [6.07, 6.45) is 4.35. The standard InChI is InChI=1S/C16H21N3O3/c1-9-5-12(16(21)22)8-19(7-9)15(20)13-6-17-10(2)18-14(13)11-3-4-11/h6,9,11-12H,3-5,7-8H2,1-2H3,(H,21,22). The Bertz CT molecular complexity index is 613. The first-order valence-electron chi connectivity index (χ1n) is 7.81. The lowest BCUT2D eigenvalue weighted by Gasteiger charge is -2.34. The third kappa shape index (κ3) is 2.96. The number of hydrogen-bond acceptors (Lipinski definition) is 4. The van der Waals surface area contributed by atoms with Gasteiger partial charge >= 0.3 is 5.97 Å². The van der Waals surface area contributed by atoms with Crippen LogP contribution in [0.2, 0.25) is 0 Å². The topological polar surface area (TPSA) is 83.4 Å². The molecule has 2 aliphatic rings. The summed E-state index contributed by atoms with van der Waals surface area (Å²) in [5.74, 6) is -0.211. The maximum Gasteiger partial charge on any atom is 0.308 e. The van der Waals surface area contributed by atoms with E-state index in [0.717, 1.165) is 18.5 Å². The molecule has 0 spiro atoms. The Hall–Kier alpha value is -1.98. The number of piperidine rings is 1. The van der Waals surface area contributed by atoms with Gasteiger partial charge in [0.25, 0.3) is 5.91 Å². The molecule has 2 unspecified atom stereocenters. The zero-order valence-electron chi connectivity index (χ0n) is 13.0. The van der Waals surface area contributed by atoms with Crippen molar-refractivity contribution in [1.82, 2.24) is 14.9 Å². The van der Waals surface area contributed by atoms with E-state index in [1.165, 1.54) is 0 Å². The van der Waals surface area contributed by atoms with E-state index >= 15 is 0 Å². The van der Waals surface area contributed by atoms with Crippen LogP contribution in [0.5, 0.6) is 0 Å². The number of rotatable bonds is 3. The van der Waals surface area contributed by atoms with Crippen LogP contribution in [0.15, 0.2) is 6.20 Å².